The standard InChI is InChI=1S/C11H16N2O5/c1-7(2)9(15)18-11(4,17-8(3)14)13-6-5-12-10(13)16/h1,5-6H2,2-4H3,(H,12,16). The van der Waals surface area contributed by atoms with Gasteiger partial charge in [0, 0.05) is 32.5 Å². The molecule has 7 nitrogen and oxygen atoms in total. The minimum atomic E-state index is -1.76. The van der Waals surface area contributed by atoms with Gasteiger partial charge in [0.25, 0.3) is 0 Å². The lowest BCUT2D eigenvalue weighted by molar-refractivity contribution is -0.260. The summed E-state index contributed by atoms with van der Waals surface area (Å²) in [5.74, 6) is -3.16. The number of urea groups is 1. The summed E-state index contributed by atoms with van der Waals surface area (Å²) in [4.78, 5) is 35.3. The van der Waals surface area contributed by atoms with Crippen LogP contribution in [0, 0.1) is 0 Å². The third-order valence-electron chi connectivity index (χ3n) is 2.31. The molecular weight excluding hydrogens is 240 g/mol. The van der Waals surface area contributed by atoms with Crippen molar-refractivity contribution >= 4 is 18.0 Å². The molecule has 0 saturated carbocycles. The van der Waals surface area contributed by atoms with E-state index in [-0.39, 0.29) is 12.1 Å². The number of hydrogen-bond acceptors (Lipinski definition) is 5. The highest BCUT2D eigenvalue weighted by Gasteiger charge is 2.44. The summed E-state index contributed by atoms with van der Waals surface area (Å²) in [7, 11) is 0. The molecule has 1 N–H and O–H groups in total. The van der Waals surface area contributed by atoms with Crippen LogP contribution in [0.3, 0.4) is 0 Å². The lowest BCUT2D eigenvalue weighted by Gasteiger charge is -2.35. The molecule has 1 rings (SSSR count). The maximum Gasteiger partial charge on any atom is 0.343 e. The summed E-state index contributed by atoms with van der Waals surface area (Å²) in [6.07, 6.45) is 0. The molecule has 0 spiro atoms. The van der Waals surface area contributed by atoms with Gasteiger partial charge in [0.15, 0.2) is 0 Å². The number of amides is 2. The molecule has 1 atom stereocenters. The van der Waals surface area contributed by atoms with Crippen LogP contribution in [0.1, 0.15) is 20.8 Å². The molecule has 1 heterocycles. The summed E-state index contributed by atoms with van der Waals surface area (Å²) in [5, 5.41) is 2.53. The van der Waals surface area contributed by atoms with E-state index in [4.69, 9.17) is 9.47 Å². The summed E-state index contributed by atoms with van der Waals surface area (Å²) >= 11 is 0. The van der Waals surface area contributed by atoms with Gasteiger partial charge in [-0.2, -0.15) is 0 Å². The third-order valence-corrected chi connectivity index (χ3v) is 2.31. The Kier molecular flexibility index (Phi) is 3.95. The highest BCUT2D eigenvalue weighted by Crippen LogP contribution is 2.22. The number of nitrogens with one attached hydrogen (secondary N) is 1. The summed E-state index contributed by atoms with van der Waals surface area (Å²) in [5.41, 5.74) is 0.146. The van der Waals surface area contributed by atoms with Crippen LogP contribution in [-0.4, -0.2) is 41.9 Å². The average molecular weight is 256 g/mol. The van der Waals surface area contributed by atoms with Crippen molar-refractivity contribution in [1.82, 2.24) is 10.2 Å². The Morgan fingerprint density at radius 3 is 2.39 bits per heavy atom. The predicted molar refractivity (Wildman–Crippen MR) is 61.2 cm³/mol. The van der Waals surface area contributed by atoms with Gasteiger partial charge in [-0.1, -0.05) is 6.58 Å². The molecule has 2 amide bonds. The van der Waals surface area contributed by atoms with Crippen molar-refractivity contribution < 1.29 is 23.9 Å². The molecular formula is C11H16N2O5. The van der Waals surface area contributed by atoms with Crippen molar-refractivity contribution in [3.8, 4) is 0 Å². The van der Waals surface area contributed by atoms with Gasteiger partial charge in [0.1, 0.15) is 0 Å². The fourth-order valence-electron chi connectivity index (χ4n) is 1.52. The zero-order valence-corrected chi connectivity index (χ0v) is 10.6. The molecule has 0 aliphatic carbocycles. The second-order valence-electron chi connectivity index (χ2n) is 4.04. The molecule has 0 aromatic heterocycles. The van der Waals surface area contributed by atoms with E-state index >= 15 is 0 Å². The van der Waals surface area contributed by atoms with Gasteiger partial charge in [-0.15, -0.1) is 0 Å². The molecule has 1 unspecified atom stereocenters. The number of carbonyl (C=O) groups is 3. The van der Waals surface area contributed by atoms with Crippen LogP contribution in [-0.2, 0) is 19.1 Å². The first-order valence-corrected chi connectivity index (χ1v) is 5.40. The smallest absolute Gasteiger partial charge is 0.343 e. The van der Waals surface area contributed by atoms with E-state index < -0.39 is 23.9 Å². The SMILES string of the molecule is C=C(C)C(=O)OC(C)(OC(C)=O)N1CCNC1=O. The highest BCUT2D eigenvalue weighted by molar-refractivity contribution is 5.87. The summed E-state index contributed by atoms with van der Waals surface area (Å²) in [6, 6.07) is -0.465. The van der Waals surface area contributed by atoms with E-state index in [0.717, 1.165) is 4.90 Å². The van der Waals surface area contributed by atoms with E-state index in [2.05, 4.69) is 11.9 Å². The average Bonchev–Trinajstić information content (AvgIpc) is 2.63. The molecule has 18 heavy (non-hydrogen) atoms. The number of nitrogens with zero attached hydrogens (tertiary/aromatic N) is 1. The molecule has 0 aromatic rings. The minimum Gasteiger partial charge on any atom is -0.404 e. The first kappa shape index (κ1) is 14.0. The van der Waals surface area contributed by atoms with Crippen molar-refractivity contribution in [2.75, 3.05) is 13.1 Å². The zero-order valence-electron chi connectivity index (χ0n) is 10.6. The van der Waals surface area contributed by atoms with Gasteiger partial charge >= 0.3 is 23.9 Å². The van der Waals surface area contributed by atoms with E-state index in [1.165, 1.54) is 20.8 Å². The maximum absolute atomic E-state index is 11.6. The minimum absolute atomic E-state index is 0.146. The number of rotatable bonds is 4. The van der Waals surface area contributed by atoms with Gasteiger partial charge in [0.05, 0.1) is 0 Å². The van der Waals surface area contributed by atoms with Crippen LogP contribution in [0.15, 0.2) is 12.2 Å². The van der Waals surface area contributed by atoms with Gasteiger partial charge in [-0.05, 0) is 6.92 Å². The van der Waals surface area contributed by atoms with Crippen molar-refractivity contribution in [1.29, 1.82) is 0 Å². The summed E-state index contributed by atoms with van der Waals surface area (Å²) < 4.78 is 10.0. The monoisotopic (exact) mass is 256 g/mol. The molecule has 0 bridgehead atoms. The highest BCUT2D eigenvalue weighted by atomic mass is 16.8. The van der Waals surface area contributed by atoms with Crippen LogP contribution in [0.25, 0.3) is 0 Å². The van der Waals surface area contributed by atoms with Crippen molar-refractivity contribution in [3.63, 3.8) is 0 Å². The lowest BCUT2D eigenvalue weighted by Crippen LogP contribution is -2.54. The number of carbonyl (C=O) groups excluding carboxylic acids is 3. The first-order valence-electron chi connectivity index (χ1n) is 5.40. The largest absolute Gasteiger partial charge is 0.404 e. The molecule has 1 aliphatic rings. The van der Waals surface area contributed by atoms with Crippen molar-refractivity contribution in [2.24, 2.45) is 0 Å². The third kappa shape index (κ3) is 2.99. The number of esters is 2. The van der Waals surface area contributed by atoms with E-state index in [0.29, 0.717) is 6.54 Å². The van der Waals surface area contributed by atoms with Gasteiger partial charge in [-0.25, -0.2) is 9.59 Å². The van der Waals surface area contributed by atoms with Gasteiger partial charge in [0.2, 0.25) is 0 Å². The van der Waals surface area contributed by atoms with Crippen molar-refractivity contribution in [3.05, 3.63) is 12.2 Å². The van der Waals surface area contributed by atoms with E-state index in [9.17, 15) is 14.4 Å². The number of ether oxygens (including phenoxy) is 2. The fourth-order valence-corrected chi connectivity index (χ4v) is 1.52. The second kappa shape index (κ2) is 5.07. The van der Waals surface area contributed by atoms with Gasteiger partial charge < -0.3 is 14.8 Å². The molecule has 1 aliphatic heterocycles. The summed E-state index contributed by atoms with van der Waals surface area (Å²) in [6.45, 7) is 8.05. The topological polar surface area (TPSA) is 84.9 Å². The van der Waals surface area contributed by atoms with Crippen LogP contribution in [0.5, 0.6) is 0 Å². The molecule has 1 fully saturated rings. The normalized spacial score (nSPS) is 17.7. The van der Waals surface area contributed by atoms with Crippen LogP contribution >= 0.6 is 0 Å². The Balaban J connectivity index is 2.94. The van der Waals surface area contributed by atoms with Gasteiger partial charge in [-0.3, -0.25) is 9.69 Å². The quantitative estimate of drug-likeness (QED) is 0.446. The Bertz CT molecular complexity index is 406. The number of hydrogen-bond donors (Lipinski definition) is 1. The molecule has 1 saturated heterocycles. The molecule has 7 heteroatoms. The predicted octanol–water partition coefficient (Wildman–Crippen LogP) is 0.368. The molecule has 0 radical (unpaired) electrons. The second-order valence-corrected chi connectivity index (χ2v) is 4.04. The Hall–Kier alpha value is -2.05. The van der Waals surface area contributed by atoms with Crippen LogP contribution in [0.2, 0.25) is 0 Å². The lowest BCUT2D eigenvalue weighted by atomic mass is 10.3. The van der Waals surface area contributed by atoms with E-state index in [1.54, 1.807) is 0 Å². The van der Waals surface area contributed by atoms with Crippen molar-refractivity contribution in [2.45, 2.75) is 26.7 Å². The maximum atomic E-state index is 11.6. The molecule has 0 aromatic carbocycles. The van der Waals surface area contributed by atoms with Crippen LogP contribution < -0.4 is 5.32 Å². The van der Waals surface area contributed by atoms with Crippen LogP contribution in [0.4, 0.5) is 4.79 Å². The Morgan fingerprint density at radius 1 is 1.39 bits per heavy atom. The Labute approximate surface area is 105 Å². The fraction of sp³-hybridized carbons (Fsp3) is 0.545. The Morgan fingerprint density at radius 2 is 2.00 bits per heavy atom. The zero-order chi connectivity index (χ0) is 13.9. The first-order chi connectivity index (χ1) is 8.26. The molecule has 100 valence electrons. The van der Waals surface area contributed by atoms with E-state index in [1.807, 2.05) is 0 Å².